The van der Waals surface area contributed by atoms with E-state index in [9.17, 15) is 9.59 Å². The number of hydrogen-bond donors (Lipinski definition) is 2. The van der Waals surface area contributed by atoms with E-state index < -0.39 is 0 Å². The van der Waals surface area contributed by atoms with Gasteiger partial charge in [-0.2, -0.15) is 0 Å². The summed E-state index contributed by atoms with van der Waals surface area (Å²) in [5.41, 5.74) is 1.38. The molecule has 0 aliphatic heterocycles. The second kappa shape index (κ2) is 6.25. The highest BCUT2D eigenvalue weighted by Crippen LogP contribution is 2.14. The van der Waals surface area contributed by atoms with Crippen molar-refractivity contribution in [3.05, 3.63) is 24.3 Å². The minimum atomic E-state index is -0.230. The lowest BCUT2D eigenvalue weighted by molar-refractivity contribution is -0.118. The highest BCUT2D eigenvalue weighted by atomic mass is 35.5. The molecule has 5 heteroatoms. The van der Waals surface area contributed by atoms with Crippen molar-refractivity contribution in [2.24, 2.45) is 5.92 Å². The van der Waals surface area contributed by atoms with Crippen LogP contribution in [0.2, 0.25) is 0 Å². The minimum absolute atomic E-state index is 0.118. The van der Waals surface area contributed by atoms with Crippen molar-refractivity contribution in [3.8, 4) is 0 Å². The molecular formula is C12H15ClN2O2. The Morgan fingerprint density at radius 3 is 2.06 bits per heavy atom. The highest BCUT2D eigenvalue weighted by molar-refractivity contribution is 6.19. The van der Waals surface area contributed by atoms with Crippen LogP contribution in [0.25, 0.3) is 0 Å². The number of halogens is 1. The first kappa shape index (κ1) is 13.5. The standard InChI is InChI=1S/C12H15ClN2O2/c1-8(7-13)12(17)15-11-5-3-10(4-6-11)14-9(2)16/h3-6,8H,7H2,1-2H3,(H,14,16)(H,15,17). The summed E-state index contributed by atoms with van der Waals surface area (Å²) in [6, 6.07) is 6.90. The Balaban J connectivity index is 2.62. The molecule has 1 aromatic rings. The zero-order valence-electron chi connectivity index (χ0n) is 9.79. The van der Waals surface area contributed by atoms with E-state index in [0.29, 0.717) is 11.4 Å². The van der Waals surface area contributed by atoms with Crippen LogP contribution >= 0.6 is 11.6 Å². The minimum Gasteiger partial charge on any atom is -0.326 e. The quantitative estimate of drug-likeness (QED) is 0.811. The molecule has 0 bridgehead atoms. The van der Waals surface area contributed by atoms with Crippen LogP contribution in [-0.4, -0.2) is 17.7 Å². The number of carbonyl (C=O) groups excluding carboxylic acids is 2. The average Bonchev–Trinajstić information content (AvgIpc) is 2.30. The van der Waals surface area contributed by atoms with E-state index in [4.69, 9.17) is 11.6 Å². The second-order valence-corrected chi connectivity index (χ2v) is 4.11. The lowest BCUT2D eigenvalue weighted by atomic mass is 10.2. The van der Waals surface area contributed by atoms with Gasteiger partial charge in [0, 0.05) is 30.1 Å². The van der Waals surface area contributed by atoms with Crippen molar-refractivity contribution in [1.82, 2.24) is 0 Å². The van der Waals surface area contributed by atoms with Crippen molar-refractivity contribution in [3.63, 3.8) is 0 Å². The van der Waals surface area contributed by atoms with Crippen LogP contribution in [0.3, 0.4) is 0 Å². The molecule has 0 spiro atoms. The first-order valence-corrected chi connectivity index (χ1v) is 5.81. The van der Waals surface area contributed by atoms with Gasteiger partial charge in [0.25, 0.3) is 0 Å². The molecule has 0 aliphatic rings. The van der Waals surface area contributed by atoms with Gasteiger partial charge in [0.2, 0.25) is 11.8 Å². The molecule has 1 rings (SSSR count). The molecule has 2 N–H and O–H groups in total. The number of alkyl halides is 1. The molecule has 0 aromatic heterocycles. The Labute approximate surface area is 105 Å². The summed E-state index contributed by atoms with van der Waals surface area (Å²) in [5.74, 6) is -0.188. The zero-order chi connectivity index (χ0) is 12.8. The zero-order valence-corrected chi connectivity index (χ0v) is 10.5. The number of anilines is 2. The van der Waals surface area contributed by atoms with Crippen LogP contribution in [0, 0.1) is 5.92 Å². The molecule has 0 saturated carbocycles. The summed E-state index contributed by atoms with van der Waals surface area (Å²) in [4.78, 5) is 22.3. The van der Waals surface area contributed by atoms with Gasteiger partial charge in [-0.05, 0) is 24.3 Å². The molecular weight excluding hydrogens is 240 g/mol. The van der Waals surface area contributed by atoms with Crippen LogP contribution in [0.1, 0.15) is 13.8 Å². The summed E-state index contributed by atoms with van der Waals surface area (Å²) in [6.45, 7) is 3.20. The third-order valence-corrected chi connectivity index (χ3v) is 2.61. The molecule has 4 nitrogen and oxygen atoms in total. The first-order valence-electron chi connectivity index (χ1n) is 5.27. The summed E-state index contributed by atoms with van der Waals surface area (Å²) in [6.07, 6.45) is 0. The van der Waals surface area contributed by atoms with Crippen molar-refractivity contribution in [2.75, 3.05) is 16.5 Å². The van der Waals surface area contributed by atoms with Gasteiger partial charge in [-0.1, -0.05) is 6.92 Å². The van der Waals surface area contributed by atoms with Gasteiger partial charge in [0.15, 0.2) is 0 Å². The van der Waals surface area contributed by atoms with Gasteiger partial charge < -0.3 is 10.6 Å². The van der Waals surface area contributed by atoms with E-state index in [0.717, 1.165) is 0 Å². The predicted octanol–water partition coefficient (Wildman–Crippen LogP) is 2.46. The van der Waals surface area contributed by atoms with Gasteiger partial charge in [-0.15, -0.1) is 11.6 Å². The van der Waals surface area contributed by atoms with Crippen molar-refractivity contribution >= 4 is 34.8 Å². The van der Waals surface area contributed by atoms with Crippen LogP contribution < -0.4 is 10.6 Å². The molecule has 1 unspecified atom stereocenters. The fraction of sp³-hybridized carbons (Fsp3) is 0.333. The van der Waals surface area contributed by atoms with E-state index in [2.05, 4.69) is 10.6 Å². The van der Waals surface area contributed by atoms with Crippen LogP contribution in [0.5, 0.6) is 0 Å². The fourth-order valence-electron chi connectivity index (χ4n) is 1.18. The third kappa shape index (κ3) is 4.44. The molecule has 0 fully saturated rings. The molecule has 2 amide bonds. The number of rotatable bonds is 4. The Bertz CT molecular complexity index is 403. The van der Waals surface area contributed by atoms with E-state index in [-0.39, 0.29) is 23.6 Å². The topological polar surface area (TPSA) is 58.2 Å². The summed E-state index contributed by atoms with van der Waals surface area (Å²) < 4.78 is 0. The fourth-order valence-corrected chi connectivity index (χ4v) is 1.32. The van der Waals surface area contributed by atoms with Crippen molar-refractivity contribution < 1.29 is 9.59 Å². The lowest BCUT2D eigenvalue weighted by Gasteiger charge is -2.09. The van der Waals surface area contributed by atoms with Gasteiger partial charge in [-0.25, -0.2) is 0 Å². The monoisotopic (exact) mass is 254 g/mol. The Hall–Kier alpha value is -1.55. The van der Waals surface area contributed by atoms with Crippen molar-refractivity contribution in [1.29, 1.82) is 0 Å². The Morgan fingerprint density at radius 1 is 1.18 bits per heavy atom. The number of benzene rings is 1. The van der Waals surface area contributed by atoms with Crippen LogP contribution in [0.15, 0.2) is 24.3 Å². The summed E-state index contributed by atoms with van der Waals surface area (Å²) in [7, 11) is 0. The largest absolute Gasteiger partial charge is 0.326 e. The van der Waals surface area contributed by atoms with Gasteiger partial charge >= 0.3 is 0 Å². The maximum Gasteiger partial charge on any atom is 0.228 e. The second-order valence-electron chi connectivity index (χ2n) is 3.80. The number of hydrogen-bond acceptors (Lipinski definition) is 2. The van der Waals surface area contributed by atoms with Gasteiger partial charge in [0.05, 0.1) is 0 Å². The maximum absolute atomic E-state index is 11.5. The number of amides is 2. The van der Waals surface area contributed by atoms with Crippen molar-refractivity contribution in [2.45, 2.75) is 13.8 Å². The molecule has 0 saturated heterocycles. The molecule has 1 atom stereocenters. The highest BCUT2D eigenvalue weighted by Gasteiger charge is 2.11. The van der Waals surface area contributed by atoms with Gasteiger partial charge in [-0.3, -0.25) is 9.59 Å². The van der Waals surface area contributed by atoms with Gasteiger partial charge in [0.1, 0.15) is 0 Å². The summed E-state index contributed by atoms with van der Waals surface area (Å²) in [5, 5.41) is 5.38. The number of carbonyl (C=O) groups is 2. The van der Waals surface area contributed by atoms with E-state index >= 15 is 0 Å². The molecule has 1 aromatic carbocycles. The predicted molar refractivity (Wildman–Crippen MR) is 69.3 cm³/mol. The SMILES string of the molecule is CC(=O)Nc1ccc(NC(=O)C(C)CCl)cc1. The summed E-state index contributed by atoms with van der Waals surface area (Å²) >= 11 is 5.59. The number of nitrogens with one attached hydrogen (secondary N) is 2. The molecule has 17 heavy (non-hydrogen) atoms. The molecule has 92 valence electrons. The molecule has 0 heterocycles. The van der Waals surface area contributed by atoms with E-state index in [1.807, 2.05) is 0 Å². The van der Waals surface area contributed by atoms with Crippen LogP contribution in [-0.2, 0) is 9.59 Å². The van der Waals surface area contributed by atoms with E-state index in [1.54, 1.807) is 31.2 Å². The van der Waals surface area contributed by atoms with Crippen LogP contribution in [0.4, 0.5) is 11.4 Å². The smallest absolute Gasteiger partial charge is 0.228 e. The lowest BCUT2D eigenvalue weighted by Crippen LogP contribution is -2.21. The Morgan fingerprint density at radius 2 is 1.65 bits per heavy atom. The molecule has 0 radical (unpaired) electrons. The first-order chi connectivity index (χ1) is 8.02. The molecule has 0 aliphatic carbocycles. The normalized spacial score (nSPS) is 11.7. The maximum atomic E-state index is 11.5. The Kier molecular flexibility index (Phi) is 4.97. The average molecular weight is 255 g/mol. The third-order valence-electron chi connectivity index (χ3n) is 2.15. The van der Waals surface area contributed by atoms with E-state index in [1.165, 1.54) is 6.92 Å².